The molecule has 0 fully saturated rings. The second-order valence-electron chi connectivity index (χ2n) is 4.06. The van der Waals surface area contributed by atoms with E-state index in [1.807, 2.05) is 17.5 Å². The Labute approximate surface area is 102 Å². The van der Waals surface area contributed by atoms with Gasteiger partial charge in [-0.1, -0.05) is 32.6 Å². The minimum Gasteiger partial charge on any atom is -0.298 e. The minimum absolute atomic E-state index is 0.920. The first-order valence-corrected chi connectivity index (χ1v) is 6.99. The monoisotopic (exact) mass is 236 g/mol. The van der Waals surface area contributed by atoms with Crippen molar-refractivity contribution in [2.45, 2.75) is 45.4 Å². The number of carbonyl (C=O) groups excluding carboxylic acids is 1. The fourth-order valence-electron chi connectivity index (χ4n) is 1.67. The summed E-state index contributed by atoms with van der Waals surface area (Å²) in [5.41, 5.74) is 2.08. The molecule has 0 unspecified atom stereocenters. The molecule has 0 aromatic carbocycles. The van der Waals surface area contributed by atoms with Crippen molar-refractivity contribution in [3.63, 3.8) is 0 Å². The molecule has 1 heterocycles. The van der Waals surface area contributed by atoms with E-state index in [0.29, 0.717) is 0 Å². The van der Waals surface area contributed by atoms with Gasteiger partial charge in [-0.15, -0.1) is 0 Å². The molecule has 16 heavy (non-hydrogen) atoms. The summed E-state index contributed by atoms with van der Waals surface area (Å²) in [6, 6.07) is 2.05. The van der Waals surface area contributed by atoms with Crippen LogP contribution in [0.25, 0.3) is 6.08 Å². The van der Waals surface area contributed by atoms with Gasteiger partial charge in [0.15, 0.2) is 0 Å². The van der Waals surface area contributed by atoms with Crippen molar-refractivity contribution in [1.29, 1.82) is 0 Å². The van der Waals surface area contributed by atoms with Crippen LogP contribution in [0.15, 0.2) is 22.4 Å². The number of thiophene rings is 1. The third-order valence-electron chi connectivity index (χ3n) is 2.62. The average molecular weight is 236 g/mol. The summed E-state index contributed by atoms with van der Waals surface area (Å²) >= 11 is 1.67. The summed E-state index contributed by atoms with van der Waals surface area (Å²) in [4.78, 5) is 10.9. The molecule has 0 aliphatic heterocycles. The summed E-state index contributed by atoms with van der Waals surface area (Å²) in [6.45, 7) is 2.22. The number of allylic oxidation sites excluding steroid dienone is 1. The highest BCUT2D eigenvalue weighted by Gasteiger charge is 1.97. The Morgan fingerprint density at radius 2 is 2.12 bits per heavy atom. The van der Waals surface area contributed by atoms with Crippen LogP contribution in [0.5, 0.6) is 0 Å². The van der Waals surface area contributed by atoms with Crippen LogP contribution in [0.1, 0.15) is 51.0 Å². The van der Waals surface area contributed by atoms with Gasteiger partial charge >= 0.3 is 0 Å². The van der Waals surface area contributed by atoms with Crippen LogP contribution in [0.2, 0.25) is 0 Å². The van der Waals surface area contributed by atoms with Gasteiger partial charge in [0.2, 0.25) is 0 Å². The Hall–Kier alpha value is -0.890. The van der Waals surface area contributed by atoms with Crippen LogP contribution in [0, 0.1) is 0 Å². The van der Waals surface area contributed by atoms with Gasteiger partial charge in [-0.25, -0.2) is 0 Å². The highest BCUT2D eigenvalue weighted by Crippen LogP contribution is 2.15. The Morgan fingerprint density at radius 3 is 2.75 bits per heavy atom. The molecule has 0 spiro atoms. The van der Waals surface area contributed by atoms with Gasteiger partial charge in [0.1, 0.15) is 6.29 Å². The van der Waals surface area contributed by atoms with Crippen LogP contribution in [0.4, 0.5) is 0 Å². The SMILES string of the molecule is CCCCCCC/C(C=O)=C\c1ccsc1. The molecule has 0 radical (unpaired) electrons. The molecule has 0 bridgehead atoms. The van der Waals surface area contributed by atoms with Crippen molar-refractivity contribution in [2.24, 2.45) is 0 Å². The predicted molar refractivity (Wildman–Crippen MR) is 71.7 cm³/mol. The van der Waals surface area contributed by atoms with Crippen molar-refractivity contribution in [3.8, 4) is 0 Å². The first-order valence-electron chi connectivity index (χ1n) is 6.04. The molecule has 1 nitrogen and oxygen atoms in total. The molecule has 0 saturated heterocycles. The Kier molecular flexibility index (Phi) is 6.82. The van der Waals surface area contributed by atoms with Crippen LogP contribution in [-0.4, -0.2) is 6.29 Å². The van der Waals surface area contributed by atoms with E-state index in [0.717, 1.165) is 30.3 Å². The number of carbonyl (C=O) groups is 1. The molecule has 0 saturated carbocycles. The highest BCUT2D eigenvalue weighted by molar-refractivity contribution is 7.08. The van der Waals surface area contributed by atoms with Crippen molar-refractivity contribution >= 4 is 23.7 Å². The third kappa shape index (κ3) is 5.26. The number of hydrogen-bond acceptors (Lipinski definition) is 2. The van der Waals surface area contributed by atoms with Gasteiger partial charge < -0.3 is 0 Å². The molecule has 0 aliphatic carbocycles. The number of hydrogen-bond donors (Lipinski definition) is 0. The second-order valence-corrected chi connectivity index (χ2v) is 4.84. The maximum absolute atomic E-state index is 10.9. The predicted octanol–water partition coefficient (Wildman–Crippen LogP) is 4.69. The Bertz CT molecular complexity index is 311. The molecular formula is C14H20OS. The standard InChI is InChI=1S/C14H20OS/c1-2-3-4-5-6-7-13(11-15)10-14-8-9-16-12-14/h8-12H,2-7H2,1H3/b13-10+. The summed E-state index contributed by atoms with van der Waals surface area (Å²) in [7, 11) is 0. The highest BCUT2D eigenvalue weighted by atomic mass is 32.1. The molecular weight excluding hydrogens is 216 g/mol. The van der Waals surface area contributed by atoms with E-state index in [4.69, 9.17) is 0 Å². The molecule has 1 rings (SSSR count). The van der Waals surface area contributed by atoms with Crippen LogP contribution in [-0.2, 0) is 4.79 Å². The number of aldehydes is 1. The third-order valence-corrected chi connectivity index (χ3v) is 3.32. The smallest absolute Gasteiger partial charge is 0.146 e. The molecule has 1 aromatic heterocycles. The van der Waals surface area contributed by atoms with Crippen LogP contribution in [0.3, 0.4) is 0 Å². The average Bonchev–Trinajstić information content (AvgIpc) is 2.80. The quantitative estimate of drug-likeness (QED) is 0.363. The topological polar surface area (TPSA) is 17.1 Å². The van der Waals surface area contributed by atoms with E-state index in [2.05, 4.69) is 12.3 Å². The normalized spacial score (nSPS) is 11.7. The zero-order valence-corrected chi connectivity index (χ0v) is 10.8. The van der Waals surface area contributed by atoms with E-state index < -0.39 is 0 Å². The van der Waals surface area contributed by atoms with Crippen LogP contribution < -0.4 is 0 Å². The molecule has 0 aliphatic rings. The zero-order chi connectivity index (χ0) is 11.6. The maximum atomic E-state index is 10.9. The first-order chi connectivity index (χ1) is 7.86. The molecule has 0 amide bonds. The van der Waals surface area contributed by atoms with Gasteiger partial charge in [-0.05, 0) is 46.9 Å². The fourth-order valence-corrected chi connectivity index (χ4v) is 2.29. The van der Waals surface area contributed by atoms with Crippen molar-refractivity contribution in [1.82, 2.24) is 0 Å². The summed E-state index contributed by atoms with van der Waals surface area (Å²) in [5.74, 6) is 0. The summed E-state index contributed by atoms with van der Waals surface area (Å²) < 4.78 is 0. The minimum atomic E-state index is 0.920. The van der Waals surface area contributed by atoms with Gasteiger partial charge in [-0.3, -0.25) is 4.79 Å². The van der Waals surface area contributed by atoms with Gasteiger partial charge in [0, 0.05) is 0 Å². The fraction of sp³-hybridized carbons (Fsp3) is 0.500. The molecule has 1 aromatic rings. The molecule has 88 valence electrons. The lowest BCUT2D eigenvalue weighted by molar-refractivity contribution is -0.105. The summed E-state index contributed by atoms with van der Waals surface area (Å²) in [6.07, 6.45) is 10.2. The van der Waals surface area contributed by atoms with Gasteiger partial charge in [0.25, 0.3) is 0 Å². The van der Waals surface area contributed by atoms with E-state index in [-0.39, 0.29) is 0 Å². The van der Waals surface area contributed by atoms with Gasteiger partial charge in [-0.2, -0.15) is 11.3 Å². The number of rotatable bonds is 8. The largest absolute Gasteiger partial charge is 0.298 e. The zero-order valence-electron chi connectivity index (χ0n) is 9.95. The van der Waals surface area contributed by atoms with Gasteiger partial charge in [0.05, 0.1) is 0 Å². The summed E-state index contributed by atoms with van der Waals surface area (Å²) in [5, 5.41) is 4.11. The Balaban J connectivity index is 2.29. The molecule has 2 heteroatoms. The number of unbranched alkanes of at least 4 members (excludes halogenated alkanes) is 4. The Morgan fingerprint density at radius 1 is 1.31 bits per heavy atom. The van der Waals surface area contributed by atoms with Crippen molar-refractivity contribution < 1.29 is 4.79 Å². The molecule has 0 N–H and O–H groups in total. The lowest BCUT2D eigenvalue weighted by atomic mass is 10.1. The maximum Gasteiger partial charge on any atom is 0.146 e. The van der Waals surface area contributed by atoms with E-state index >= 15 is 0 Å². The lowest BCUT2D eigenvalue weighted by Crippen LogP contribution is -1.86. The lowest BCUT2D eigenvalue weighted by Gasteiger charge is -2.00. The van der Waals surface area contributed by atoms with E-state index in [1.54, 1.807) is 11.3 Å². The van der Waals surface area contributed by atoms with E-state index in [1.165, 1.54) is 25.7 Å². The van der Waals surface area contributed by atoms with Crippen molar-refractivity contribution in [3.05, 3.63) is 28.0 Å². The van der Waals surface area contributed by atoms with Crippen LogP contribution >= 0.6 is 11.3 Å². The van der Waals surface area contributed by atoms with Crippen molar-refractivity contribution in [2.75, 3.05) is 0 Å². The molecule has 0 atom stereocenters. The first kappa shape index (κ1) is 13.2. The second kappa shape index (κ2) is 8.28. The van der Waals surface area contributed by atoms with E-state index in [9.17, 15) is 4.79 Å².